The Morgan fingerprint density at radius 2 is 1.93 bits per heavy atom. The lowest BCUT2D eigenvalue weighted by atomic mass is 10.2. The van der Waals surface area contributed by atoms with Gasteiger partial charge >= 0.3 is 0 Å². The van der Waals surface area contributed by atoms with Crippen molar-refractivity contribution in [2.45, 2.75) is 13.8 Å². The summed E-state index contributed by atoms with van der Waals surface area (Å²) < 4.78 is 1.74. The normalized spacial score (nSPS) is 10.8. The molecule has 0 bridgehead atoms. The van der Waals surface area contributed by atoms with E-state index < -0.39 is 0 Å². The lowest BCUT2D eigenvalue weighted by molar-refractivity contribution is 0.102. The summed E-state index contributed by atoms with van der Waals surface area (Å²) in [5.74, 6) is 0.578. The van der Waals surface area contributed by atoms with Crippen molar-refractivity contribution in [2.75, 3.05) is 5.32 Å². The van der Waals surface area contributed by atoms with Gasteiger partial charge in [-0.05, 0) is 56.3 Å². The number of benzene rings is 1. The largest absolute Gasteiger partial charge is 0.508 e. The number of hydrogen-bond donors (Lipinski definition) is 2. The molecule has 0 aliphatic heterocycles. The van der Waals surface area contributed by atoms with E-state index in [1.807, 2.05) is 25.3 Å². The van der Waals surface area contributed by atoms with Crippen LogP contribution in [0.2, 0.25) is 0 Å². The summed E-state index contributed by atoms with van der Waals surface area (Å²) in [4.78, 5) is 21.3. The topological polar surface area (TPSA) is 92.9 Å². The van der Waals surface area contributed by atoms with E-state index in [0.29, 0.717) is 16.5 Å². The summed E-state index contributed by atoms with van der Waals surface area (Å²) >= 11 is 1.34. The Bertz CT molecular complexity index is 1130. The number of amides is 1. The van der Waals surface area contributed by atoms with Gasteiger partial charge in [-0.3, -0.25) is 10.1 Å². The van der Waals surface area contributed by atoms with Crippen LogP contribution in [0.1, 0.15) is 21.7 Å². The molecule has 3 aromatic heterocycles. The molecule has 2 N–H and O–H groups in total. The number of phenols is 1. The van der Waals surface area contributed by atoms with E-state index in [1.54, 1.807) is 41.1 Å². The molecule has 8 heteroatoms. The van der Waals surface area contributed by atoms with Gasteiger partial charge in [-0.15, -0.1) is 11.3 Å². The van der Waals surface area contributed by atoms with Crippen LogP contribution in [0.4, 0.5) is 5.13 Å². The number of hydrogen-bond acceptors (Lipinski definition) is 6. The van der Waals surface area contributed by atoms with Crippen LogP contribution < -0.4 is 5.32 Å². The Morgan fingerprint density at radius 3 is 2.57 bits per heavy atom. The first kappa shape index (κ1) is 17.9. The molecule has 4 rings (SSSR count). The number of aromatic hydroxyl groups is 1. The number of pyridine rings is 1. The average Bonchev–Trinajstić information content (AvgIpc) is 3.28. The molecule has 0 saturated heterocycles. The van der Waals surface area contributed by atoms with Crippen LogP contribution in [0.5, 0.6) is 5.75 Å². The first-order valence-corrected chi connectivity index (χ1v) is 9.43. The molecule has 0 saturated carbocycles. The molecule has 0 aliphatic rings. The van der Waals surface area contributed by atoms with Crippen LogP contribution >= 0.6 is 11.3 Å². The SMILES string of the molecule is Cc1cc(C)n(-c2ccc(C(=O)Nc3nc(-c4ccc(O)cc4)cs3)cn2)n1. The highest BCUT2D eigenvalue weighted by atomic mass is 32.1. The molecular formula is C20H17N5O2S. The minimum Gasteiger partial charge on any atom is -0.508 e. The van der Waals surface area contributed by atoms with Crippen molar-refractivity contribution in [3.8, 4) is 22.8 Å². The molecule has 3 heterocycles. The van der Waals surface area contributed by atoms with Crippen molar-refractivity contribution in [3.05, 3.63) is 71.0 Å². The molecule has 140 valence electrons. The zero-order valence-electron chi connectivity index (χ0n) is 15.2. The van der Waals surface area contributed by atoms with Crippen LogP contribution in [-0.2, 0) is 0 Å². The van der Waals surface area contributed by atoms with Gasteiger partial charge in [0, 0.05) is 22.8 Å². The number of aromatic nitrogens is 4. The summed E-state index contributed by atoms with van der Waals surface area (Å²) in [5, 5.41) is 18.9. The predicted molar refractivity (Wildman–Crippen MR) is 108 cm³/mol. The summed E-state index contributed by atoms with van der Waals surface area (Å²) in [6.07, 6.45) is 1.52. The van der Waals surface area contributed by atoms with E-state index in [1.165, 1.54) is 17.5 Å². The Morgan fingerprint density at radius 1 is 1.14 bits per heavy atom. The van der Waals surface area contributed by atoms with Crippen molar-refractivity contribution in [1.29, 1.82) is 0 Å². The molecule has 4 aromatic rings. The van der Waals surface area contributed by atoms with Gasteiger partial charge in [0.1, 0.15) is 5.75 Å². The standard InChI is InChI=1S/C20H17N5O2S/c1-12-9-13(2)25(24-12)18-8-5-15(10-21-18)19(27)23-20-22-17(11-28-20)14-3-6-16(26)7-4-14/h3-11,26H,1-2H3,(H,22,23,27). The molecule has 0 atom stereocenters. The van der Waals surface area contributed by atoms with Crippen molar-refractivity contribution in [2.24, 2.45) is 0 Å². The molecule has 0 spiro atoms. The van der Waals surface area contributed by atoms with E-state index in [-0.39, 0.29) is 11.7 Å². The van der Waals surface area contributed by atoms with E-state index >= 15 is 0 Å². The van der Waals surface area contributed by atoms with Crippen LogP contribution in [0.3, 0.4) is 0 Å². The number of aryl methyl sites for hydroxylation is 2. The maximum Gasteiger partial charge on any atom is 0.259 e. The maximum atomic E-state index is 12.5. The highest BCUT2D eigenvalue weighted by Crippen LogP contribution is 2.26. The summed E-state index contributed by atoms with van der Waals surface area (Å²) in [7, 11) is 0. The van der Waals surface area contributed by atoms with Gasteiger partial charge < -0.3 is 5.11 Å². The number of nitrogens with zero attached hydrogens (tertiary/aromatic N) is 4. The monoisotopic (exact) mass is 391 g/mol. The number of rotatable bonds is 4. The smallest absolute Gasteiger partial charge is 0.259 e. The van der Waals surface area contributed by atoms with Gasteiger partial charge in [0.05, 0.1) is 17.0 Å². The summed E-state index contributed by atoms with van der Waals surface area (Å²) in [6.45, 7) is 3.88. The molecule has 7 nitrogen and oxygen atoms in total. The van der Waals surface area contributed by atoms with Crippen LogP contribution in [0, 0.1) is 13.8 Å². The quantitative estimate of drug-likeness (QED) is 0.549. The van der Waals surface area contributed by atoms with Crippen molar-refractivity contribution in [1.82, 2.24) is 19.7 Å². The first-order valence-electron chi connectivity index (χ1n) is 8.55. The van der Waals surface area contributed by atoms with Gasteiger partial charge in [-0.2, -0.15) is 5.10 Å². The van der Waals surface area contributed by atoms with Crippen LogP contribution in [0.15, 0.2) is 54.0 Å². The zero-order chi connectivity index (χ0) is 19.7. The number of nitrogens with one attached hydrogen (secondary N) is 1. The highest BCUT2D eigenvalue weighted by Gasteiger charge is 2.12. The third kappa shape index (κ3) is 3.63. The van der Waals surface area contributed by atoms with Gasteiger partial charge in [0.2, 0.25) is 0 Å². The number of phenolic OH excluding ortho intramolecular Hbond substituents is 1. The van der Waals surface area contributed by atoms with E-state index in [9.17, 15) is 9.90 Å². The Labute approximate surface area is 165 Å². The van der Waals surface area contributed by atoms with Gasteiger partial charge in [0.15, 0.2) is 10.9 Å². The predicted octanol–water partition coefficient (Wildman–Crippen LogP) is 3.97. The van der Waals surface area contributed by atoms with Gasteiger partial charge in [0.25, 0.3) is 5.91 Å². The number of carbonyl (C=O) groups excluding carboxylic acids is 1. The maximum absolute atomic E-state index is 12.5. The van der Waals surface area contributed by atoms with Crippen molar-refractivity contribution in [3.63, 3.8) is 0 Å². The first-order chi connectivity index (χ1) is 13.5. The van der Waals surface area contributed by atoms with E-state index in [4.69, 9.17) is 0 Å². The third-order valence-electron chi connectivity index (χ3n) is 4.12. The fourth-order valence-corrected chi connectivity index (χ4v) is 3.49. The molecule has 1 aromatic carbocycles. The summed E-state index contributed by atoms with van der Waals surface area (Å²) in [5.41, 5.74) is 3.93. The fraction of sp³-hybridized carbons (Fsp3) is 0.100. The van der Waals surface area contributed by atoms with Crippen molar-refractivity contribution >= 4 is 22.4 Å². The van der Waals surface area contributed by atoms with Crippen LogP contribution in [-0.4, -0.2) is 30.8 Å². The highest BCUT2D eigenvalue weighted by molar-refractivity contribution is 7.14. The Kier molecular flexibility index (Phi) is 4.62. The molecule has 0 fully saturated rings. The van der Waals surface area contributed by atoms with Gasteiger partial charge in [-0.1, -0.05) is 0 Å². The minimum absolute atomic E-state index is 0.198. The lowest BCUT2D eigenvalue weighted by Gasteiger charge is -2.05. The molecule has 1 amide bonds. The second kappa shape index (κ2) is 7.24. The second-order valence-electron chi connectivity index (χ2n) is 6.28. The van der Waals surface area contributed by atoms with E-state index in [2.05, 4.69) is 20.4 Å². The van der Waals surface area contributed by atoms with Crippen LogP contribution in [0.25, 0.3) is 17.1 Å². The number of carbonyl (C=O) groups is 1. The Hall–Kier alpha value is -3.52. The lowest BCUT2D eigenvalue weighted by Crippen LogP contribution is -2.12. The molecule has 28 heavy (non-hydrogen) atoms. The fourth-order valence-electron chi connectivity index (χ4n) is 2.77. The second-order valence-corrected chi connectivity index (χ2v) is 7.14. The minimum atomic E-state index is -0.279. The Balaban J connectivity index is 1.48. The van der Waals surface area contributed by atoms with Crippen molar-refractivity contribution < 1.29 is 9.90 Å². The molecular weight excluding hydrogens is 374 g/mol. The third-order valence-corrected chi connectivity index (χ3v) is 4.88. The summed E-state index contributed by atoms with van der Waals surface area (Å²) in [6, 6.07) is 12.2. The van der Waals surface area contributed by atoms with Gasteiger partial charge in [-0.25, -0.2) is 14.6 Å². The molecule has 0 radical (unpaired) electrons. The number of anilines is 1. The molecule has 0 unspecified atom stereocenters. The van der Waals surface area contributed by atoms with E-state index in [0.717, 1.165) is 22.6 Å². The number of thiazole rings is 1. The zero-order valence-corrected chi connectivity index (χ0v) is 16.1. The average molecular weight is 391 g/mol. The molecule has 0 aliphatic carbocycles.